The SMILES string of the molecule is O=C(O)Cc1ccc(CNc2ccccc2-c2ccccc2)cc1. The van der Waals surface area contributed by atoms with Crippen molar-refractivity contribution in [3.63, 3.8) is 0 Å². The van der Waals surface area contributed by atoms with Crippen molar-refractivity contribution in [2.45, 2.75) is 13.0 Å². The van der Waals surface area contributed by atoms with E-state index in [1.807, 2.05) is 54.6 Å². The van der Waals surface area contributed by atoms with Gasteiger partial charge in [0.2, 0.25) is 0 Å². The predicted molar refractivity (Wildman–Crippen MR) is 97.0 cm³/mol. The lowest BCUT2D eigenvalue weighted by atomic mass is 10.0. The largest absolute Gasteiger partial charge is 0.481 e. The van der Waals surface area contributed by atoms with E-state index in [1.165, 1.54) is 11.1 Å². The first-order chi connectivity index (χ1) is 11.7. The molecular weight excluding hydrogens is 298 g/mol. The molecule has 3 heteroatoms. The first-order valence-electron chi connectivity index (χ1n) is 7.90. The van der Waals surface area contributed by atoms with Gasteiger partial charge in [0.25, 0.3) is 0 Å². The van der Waals surface area contributed by atoms with E-state index in [-0.39, 0.29) is 6.42 Å². The highest BCUT2D eigenvalue weighted by molar-refractivity contribution is 5.77. The summed E-state index contributed by atoms with van der Waals surface area (Å²) in [6.07, 6.45) is 0.0601. The molecule has 2 N–H and O–H groups in total. The van der Waals surface area contributed by atoms with Gasteiger partial charge in [0.15, 0.2) is 0 Å². The zero-order chi connectivity index (χ0) is 16.8. The number of nitrogens with one attached hydrogen (secondary N) is 1. The quantitative estimate of drug-likeness (QED) is 0.699. The molecule has 3 aromatic rings. The zero-order valence-corrected chi connectivity index (χ0v) is 13.3. The molecule has 24 heavy (non-hydrogen) atoms. The molecule has 0 radical (unpaired) electrons. The Balaban J connectivity index is 1.72. The number of hydrogen-bond acceptors (Lipinski definition) is 2. The fourth-order valence-corrected chi connectivity index (χ4v) is 2.65. The fraction of sp³-hybridized carbons (Fsp3) is 0.0952. The highest BCUT2D eigenvalue weighted by atomic mass is 16.4. The van der Waals surface area contributed by atoms with Crippen LogP contribution in [0.4, 0.5) is 5.69 Å². The second kappa shape index (κ2) is 7.47. The van der Waals surface area contributed by atoms with Crippen molar-refractivity contribution in [3.05, 3.63) is 90.0 Å². The smallest absolute Gasteiger partial charge is 0.307 e. The molecule has 0 aliphatic heterocycles. The van der Waals surface area contributed by atoms with E-state index in [2.05, 4.69) is 29.6 Å². The van der Waals surface area contributed by atoms with Crippen LogP contribution in [0.1, 0.15) is 11.1 Å². The predicted octanol–water partition coefficient (Wildman–Crippen LogP) is 4.59. The van der Waals surface area contributed by atoms with Crippen molar-refractivity contribution in [1.82, 2.24) is 0 Å². The number of para-hydroxylation sites is 1. The summed E-state index contributed by atoms with van der Waals surface area (Å²) in [4.78, 5) is 10.7. The van der Waals surface area contributed by atoms with E-state index >= 15 is 0 Å². The average molecular weight is 317 g/mol. The maximum atomic E-state index is 10.7. The number of benzene rings is 3. The monoisotopic (exact) mass is 317 g/mol. The lowest BCUT2D eigenvalue weighted by Crippen LogP contribution is -2.02. The lowest BCUT2D eigenvalue weighted by molar-refractivity contribution is -0.136. The maximum Gasteiger partial charge on any atom is 0.307 e. The third kappa shape index (κ3) is 4.02. The molecule has 0 aliphatic carbocycles. The van der Waals surface area contributed by atoms with E-state index in [4.69, 9.17) is 5.11 Å². The average Bonchev–Trinajstić information content (AvgIpc) is 2.62. The first-order valence-corrected chi connectivity index (χ1v) is 7.90. The Morgan fingerprint density at radius 1 is 0.792 bits per heavy atom. The van der Waals surface area contributed by atoms with Gasteiger partial charge in [-0.3, -0.25) is 4.79 Å². The van der Waals surface area contributed by atoms with Gasteiger partial charge >= 0.3 is 5.97 Å². The fourth-order valence-electron chi connectivity index (χ4n) is 2.65. The van der Waals surface area contributed by atoms with Gasteiger partial charge in [-0.15, -0.1) is 0 Å². The van der Waals surface area contributed by atoms with Crippen LogP contribution in [0.2, 0.25) is 0 Å². The molecule has 0 aromatic heterocycles. The summed E-state index contributed by atoms with van der Waals surface area (Å²) >= 11 is 0. The Bertz CT molecular complexity index is 811. The Kier molecular flexibility index (Phi) is 4.92. The van der Waals surface area contributed by atoms with Crippen LogP contribution in [0.15, 0.2) is 78.9 Å². The van der Waals surface area contributed by atoms with E-state index in [1.54, 1.807) is 0 Å². The summed E-state index contributed by atoms with van der Waals surface area (Å²) in [5.41, 5.74) is 5.36. The first kappa shape index (κ1) is 15.8. The number of anilines is 1. The van der Waals surface area contributed by atoms with E-state index in [0.717, 1.165) is 16.8 Å². The Hall–Kier alpha value is -3.07. The zero-order valence-electron chi connectivity index (χ0n) is 13.3. The molecule has 3 nitrogen and oxygen atoms in total. The molecular formula is C21H19NO2. The topological polar surface area (TPSA) is 49.3 Å². The summed E-state index contributed by atoms with van der Waals surface area (Å²) in [6.45, 7) is 0.692. The summed E-state index contributed by atoms with van der Waals surface area (Å²) in [6, 6.07) is 26.2. The standard InChI is InChI=1S/C21H19NO2/c23-21(24)14-16-10-12-17(13-11-16)15-22-20-9-5-4-8-19(20)18-6-2-1-3-7-18/h1-13,22H,14-15H2,(H,23,24). The van der Waals surface area contributed by atoms with Crippen LogP contribution in [-0.4, -0.2) is 11.1 Å². The molecule has 0 saturated heterocycles. The summed E-state index contributed by atoms with van der Waals surface area (Å²) in [7, 11) is 0. The van der Waals surface area contributed by atoms with Gasteiger partial charge in [-0.2, -0.15) is 0 Å². The minimum absolute atomic E-state index is 0.0601. The summed E-state index contributed by atoms with van der Waals surface area (Å²) < 4.78 is 0. The number of rotatable bonds is 6. The van der Waals surface area contributed by atoms with Crippen molar-refractivity contribution in [3.8, 4) is 11.1 Å². The van der Waals surface area contributed by atoms with Crippen LogP contribution in [0.25, 0.3) is 11.1 Å². The molecule has 0 heterocycles. The van der Waals surface area contributed by atoms with Crippen LogP contribution < -0.4 is 5.32 Å². The van der Waals surface area contributed by atoms with Crippen molar-refractivity contribution in [2.75, 3.05) is 5.32 Å². The molecule has 0 unspecified atom stereocenters. The van der Waals surface area contributed by atoms with Gasteiger partial charge in [0.05, 0.1) is 6.42 Å². The van der Waals surface area contributed by atoms with E-state index < -0.39 is 5.97 Å². The van der Waals surface area contributed by atoms with Gasteiger partial charge in [-0.05, 0) is 22.8 Å². The Morgan fingerprint density at radius 2 is 1.42 bits per heavy atom. The second-order valence-electron chi connectivity index (χ2n) is 5.65. The van der Waals surface area contributed by atoms with Gasteiger partial charge < -0.3 is 10.4 Å². The number of carboxylic acids is 1. The van der Waals surface area contributed by atoms with E-state index in [0.29, 0.717) is 6.54 Å². The van der Waals surface area contributed by atoms with Crippen molar-refractivity contribution < 1.29 is 9.90 Å². The molecule has 0 saturated carbocycles. The number of carboxylic acid groups (broad SMARTS) is 1. The van der Waals surface area contributed by atoms with Gasteiger partial charge in [-0.25, -0.2) is 0 Å². The molecule has 0 amide bonds. The molecule has 120 valence electrons. The Labute approximate surface area is 141 Å². The minimum Gasteiger partial charge on any atom is -0.481 e. The normalized spacial score (nSPS) is 10.3. The van der Waals surface area contributed by atoms with Crippen molar-refractivity contribution >= 4 is 11.7 Å². The van der Waals surface area contributed by atoms with Gasteiger partial charge in [0, 0.05) is 17.8 Å². The maximum absolute atomic E-state index is 10.7. The highest BCUT2D eigenvalue weighted by Crippen LogP contribution is 2.27. The third-order valence-electron chi connectivity index (χ3n) is 3.87. The van der Waals surface area contributed by atoms with E-state index in [9.17, 15) is 4.79 Å². The number of hydrogen-bond donors (Lipinski definition) is 2. The highest BCUT2D eigenvalue weighted by Gasteiger charge is 2.04. The second-order valence-corrected chi connectivity index (χ2v) is 5.65. The molecule has 3 rings (SSSR count). The molecule has 0 fully saturated rings. The van der Waals surface area contributed by atoms with Crippen LogP contribution >= 0.6 is 0 Å². The molecule has 0 spiro atoms. The van der Waals surface area contributed by atoms with Crippen LogP contribution in [0.5, 0.6) is 0 Å². The molecule has 3 aromatic carbocycles. The van der Waals surface area contributed by atoms with Crippen LogP contribution in [0, 0.1) is 0 Å². The minimum atomic E-state index is -0.808. The van der Waals surface area contributed by atoms with Crippen LogP contribution in [0.3, 0.4) is 0 Å². The van der Waals surface area contributed by atoms with Gasteiger partial charge in [-0.1, -0.05) is 72.8 Å². The summed E-state index contributed by atoms with van der Waals surface area (Å²) in [5, 5.41) is 12.3. The Morgan fingerprint density at radius 3 is 2.12 bits per heavy atom. The summed E-state index contributed by atoms with van der Waals surface area (Å²) in [5.74, 6) is -0.808. The number of carbonyl (C=O) groups is 1. The van der Waals surface area contributed by atoms with Crippen molar-refractivity contribution in [1.29, 1.82) is 0 Å². The van der Waals surface area contributed by atoms with Gasteiger partial charge in [0.1, 0.15) is 0 Å². The lowest BCUT2D eigenvalue weighted by Gasteiger charge is -2.12. The molecule has 0 bridgehead atoms. The van der Waals surface area contributed by atoms with Crippen LogP contribution in [-0.2, 0) is 17.8 Å². The molecule has 0 atom stereocenters. The number of aliphatic carboxylic acids is 1. The molecule has 0 aliphatic rings. The van der Waals surface area contributed by atoms with Crippen molar-refractivity contribution in [2.24, 2.45) is 0 Å². The third-order valence-corrected chi connectivity index (χ3v) is 3.87.